The summed E-state index contributed by atoms with van der Waals surface area (Å²) in [6.07, 6.45) is 5.09. The van der Waals surface area contributed by atoms with E-state index in [1.807, 2.05) is 15.5 Å². The van der Waals surface area contributed by atoms with E-state index in [-0.39, 0.29) is 23.9 Å². The van der Waals surface area contributed by atoms with Gasteiger partial charge in [-0.3, -0.25) is 19.3 Å². The van der Waals surface area contributed by atoms with Gasteiger partial charge in [0.05, 0.1) is 7.11 Å². The number of nitrogens with zero attached hydrogens (tertiary/aromatic N) is 4. The summed E-state index contributed by atoms with van der Waals surface area (Å²) in [5.74, 6) is 0.967. The van der Waals surface area contributed by atoms with Crippen molar-refractivity contribution in [1.82, 2.24) is 19.4 Å². The minimum absolute atomic E-state index is 0.00634. The van der Waals surface area contributed by atoms with Gasteiger partial charge in [0.15, 0.2) is 0 Å². The molecule has 5 rings (SSSR count). The molecule has 0 aliphatic carbocycles. The molecule has 9 heteroatoms. The van der Waals surface area contributed by atoms with Crippen LogP contribution in [0.3, 0.4) is 0 Å². The first kappa shape index (κ1) is 23.0. The van der Waals surface area contributed by atoms with E-state index in [0.717, 1.165) is 37.3 Å². The Morgan fingerprint density at radius 3 is 2.70 bits per heavy atom. The molecule has 1 amide bonds. The van der Waals surface area contributed by atoms with Crippen LogP contribution in [0.15, 0.2) is 35.3 Å². The maximum Gasteiger partial charge on any atom is 0.290 e. The number of fused-ring (bicyclic) bond motifs is 4. The third-order valence-corrected chi connectivity index (χ3v) is 6.75. The van der Waals surface area contributed by atoms with Gasteiger partial charge in [0, 0.05) is 61.2 Å². The molecule has 176 valence electrons. The summed E-state index contributed by atoms with van der Waals surface area (Å²) in [7, 11) is 1.55. The summed E-state index contributed by atoms with van der Waals surface area (Å²) < 4.78 is 7.15. The number of likely N-dealkylation sites (tertiary alicyclic amines) is 2. The number of piperidine rings is 1. The molecule has 2 aromatic rings. The van der Waals surface area contributed by atoms with E-state index in [1.165, 1.54) is 12.8 Å². The lowest BCUT2D eigenvalue weighted by atomic mass is 9.82. The average molecular weight is 455 g/mol. The van der Waals surface area contributed by atoms with Crippen molar-refractivity contribution in [2.24, 2.45) is 5.92 Å². The molecule has 1 N–H and O–H groups in total. The molecule has 3 aliphatic heterocycles. The number of rotatable bonds is 4. The summed E-state index contributed by atoms with van der Waals surface area (Å²) >= 11 is 0. The van der Waals surface area contributed by atoms with Crippen molar-refractivity contribution in [1.29, 1.82) is 0 Å². The zero-order valence-electron chi connectivity index (χ0n) is 18.9. The van der Waals surface area contributed by atoms with Crippen molar-refractivity contribution in [3.63, 3.8) is 0 Å². The van der Waals surface area contributed by atoms with E-state index in [9.17, 15) is 9.59 Å². The number of carboxylic acid groups (broad SMARTS) is 1. The van der Waals surface area contributed by atoms with Gasteiger partial charge in [0.1, 0.15) is 0 Å². The molecule has 0 saturated carbocycles. The van der Waals surface area contributed by atoms with E-state index >= 15 is 0 Å². The van der Waals surface area contributed by atoms with Gasteiger partial charge in [-0.15, -0.1) is 0 Å². The highest BCUT2D eigenvalue weighted by atomic mass is 16.5. The predicted octanol–water partition coefficient (Wildman–Crippen LogP) is 1.81. The van der Waals surface area contributed by atoms with Gasteiger partial charge in [0.2, 0.25) is 5.88 Å². The summed E-state index contributed by atoms with van der Waals surface area (Å²) in [4.78, 5) is 43.0. The second-order valence-electron chi connectivity index (χ2n) is 8.88. The second kappa shape index (κ2) is 10.2. The maximum absolute atomic E-state index is 13.2. The highest BCUT2D eigenvalue weighted by Gasteiger charge is 2.37. The highest BCUT2D eigenvalue weighted by Crippen LogP contribution is 2.36. The molecule has 2 saturated heterocycles. The number of hydrogen-bond donors (Lipinski definition) is 1. The van der Waals surface area contributed by atoms with Crippen molar-refractivity contribution >= 4 is 12.4 Å². The van der Waals surface area contributed by atoms with Crippen LogP contribution in [0.25, 0.3) is 0 Å². The monoisotopic (exact) mass is 454 g/mol. The molecule has 2 aromatic heterocycles. The molecule has 2 atom stereocenters. The van der Waals surface area contributed by atoms with Crippen LogP contribution >= 0.6 is 0 Å². The topological polar surface area (TPSA) is 105 Å². The SMILES string of the molecule is COc1cc(C(=O)N2C[C@@H]3C[C@H](C2)c2ccc(CN4CCCC4)c(=O)n2C3)ccn1.O=CO. The number of carbonyl (C=O) groups is 2. The molecule has 2 bridgehead atoms. The number of hydrogen-bond acceptors (Lipinski definition) is 6. The van der Waals surface area contributed by atoms with E-state index in [1.54, 1.807) is 25.4 Å². The van der Waals surface area contributed by atoms with Crippen LogP contribution in [-0.2, 0) is 17.9 Å². The van der Waals surface area contributed by atoms with Crippen LogP contribution in [-0.4, -0.2) is 70.1 Å². The number of ether oxygens (including phenoxy) is 1. The zero-order chi connectivity index (χ0) is 23.4. The molecule has 9 nitrogen and oxygen atoms in total. The summed E-state index contributed by atoms with van der Waals surface area (Å²) in [6, 6.07) is 7.56. The number of methoxy groups -OCH3 is 1. The van der Waals surface area contributed by atoms with Gasteiger partial charge in [-0.05, 0) is 50.4 Å². The lowest BCUT2D eigenvalue weighted by molar-refractivity contribution is -0.122. The van der Waals surface area contributed by atoms with Crippen LogP contribution in [0.1, 0.15) is 46.8 Å². The van der Waals surface area contributed by atoms with Crippen LogP contribution in [0.5, 0.6) is 5.88 Å². The summed E-state index contributed by atoms with van der Waals surface area (Å²) in [5, 5.41) is 6.89. The Kier molecular flexibility index (Phi) is 7.08. The normalized spacial score (nSPS) is 21.5. The van der Waals surface area contributed by atoms with Gasteiger partial charge in [-0.25, -0.2) is 4.98 Å². The second-order valence-corrected chi connectivity index (χ2v) is 8.88. The molecule has 0 radical (unpaired) electrons. The van der Waals surface area contributed by atoms with Gasteiger partial charge in [-0.2, -0.15) is 0 Å². The fourth-order valence-corrected chi connectivity index (χ4v) is 5.30. The van der Waals surface area contributed by atoms with Crippen LogP contribution in [0.2, 0.25) is 0 Å². The van der Waals surface area contributed by atoms with Crippen LogP contribution in [0, 0.1) is 5.92 Å². The van der Waals surface area contributed by atoms with Crippen molar-refractivity contribution < 1.29 is 19.4 Å². The first-order valence-electron chi connectivity index (χ1n) is 11.4. The van der Waals surface area contributed by atoms with Crippen molar-refractivity contribution in [2.45, 2.75) is 38.3 Å². The standard InChI is InChI=1S/C23H28N4O3.CH2O2/c1-30-21-11-17(6-7-24-21)22(28)26-12-16-10-19(15-26)20-5-4-18(23(29)27(20)13-16)14-25-8-2-3-9-25;2-1-3/h4-7,11,16,19H,2-3,8-10,12-15H2,1H3;1H,(H,2,3)/t16-,19+;/m0./s1. The summed E-state index contributed by atoms with van der Waals surface area (Å²) in [6.45, 7) is 4.70. The van der Waals surface area contributed by atoms with Gasteiger partial charge < -0.3 is 19.3 Å². The highest BCUT2D eigenvalue weighted by molar-refractivity contribution is 5.94. The fraction of sp³-hybridized carbons (Fsp3) is 0.500. The van der Waals surface area contributed by atoms with Gasteiger partial charge >= 0.3 is 0 Å². The molecular formula is C24H30N4O5. The fourth-order valence-electron chi connectivity index (χ4n) is 5.30. The Morgan fingerprint density at radius 2 is 1.97 bits per heavy atom. The van der Waals surface area contributed by atoms with E-state index < -0.39 is 0 Å². The molecule has 5 heterocycles. The number of pyridine rings is 2. The van der Waals surface area contributed by atoms with Gasteiger partial charge in [0.25, 0.3) is 17.9 Å². The minimum Gasteiger partial charge on any atom is -0.483 e. The molecular weight excluding hydrogens is 424 g/mol. The molecule has 3 aliphatic rings. The first-order chi connectivity index (χ1) is 16.0. The quantitative estimate of drug-likeness (QED) is 0.703. The van der Waals surface area contributed by atoms with Crippen molar-refractivity contribution in [2.75, 3.05) is 33.3 Å². The van der Waals surface area contributed by atoms with Crippen LogP contribution < -0.4 is 10.3 Å². The Morgan fingerprint density at radius 1 is 1.21 bits per heavy atom. The zero-order valence-corrected chi connectivity index (χ0v) is 18.9. The summed E-state index contributed by atoms with van der Waals surface area (Å²) in [5.41, 5.74) is 2.73. The third-order valence-electron chi connectivity index (χ3n) is 6.75. The van der Waals surface area contributed by atoms with E-state index in [4.69, 9.17) is 14.6 Å². The predicted molar refractivity (Wildman–Crippen MR) is 121 cm³/mol. The van der Waals surface area contributed by atoms with Gasteiger partial charge in [-0.1, -0.05) is 6.07 Å². The molecule has 0 unspecified atom stereocenters. The Hall–Kier alpha value is -3.20. The Labute approximate surface area is 192 Å². The number of carbonyl (C=O) groups excluding carboxylic acids is 1. The molecule has 0 aromatic carbocycles. The Balaban J connectivity index is 0.000000821. The van der Waals surface area contributed by atoms with E-state index in [2.05, 4.69) is 16.0 Å². The average Bonchev–Trinajstić information content (AvgIpc) is 3.34. The molecule has 2 fully saturated rings. The lowest BCUT2D eigenvalue weighted by Gasteiger charge is -2.43. The minimum atomic E-state index is -0.250. The van der Waals surface area contributed by atoms with Crippen molar-refractivity contribution in [3.05, 3.63) is 57.6 Å². The maximum atomic E-state index is 13.2. The number of amides is 1. The molecule has 33 heavy (non-hydrogen) atoms. The number of aromatic nitrogens is 2. The first-order valence-corrected chi connectivity index (χ1v) is 11.4. The van der Waals surface area contributed by atoms with Crippen molar-refractivity contribution in [3.8, 4) is 5.88 Å². The lowest BCUT2D eigenvalue weighted by Crippen LogP contribution is -2.49. The largest absolute Gasteiger partial charge is 0.483 e. The molecule has 0 spiro atoms. The Bertz CT molecular complexity index is 1060. The van der Waals surface area contributed by atoms with E-state index in [0.29, 0.717) is 37.0 Å². The smallest absolute Gasteiger partial charge is 0.290 e. The van der Waals surface area contributed by atoms with Crippen LogP contribution in [0.4, 0.5) is 0 Å². The third kappa shape index (κ3) is 4.93.